The van der Waals surface area contributed by atoms with Gasteiger partial charge in [0.1, 0.15) is 12.4 Å². The van der Waals surface area contributed by atoms with Crippen LogP contribution in [0.3, 0.4) is 0 Å². The Morgan fingerprint density at radius 3 is 2.57 bits per heavy atom. The van der Waals surface area contributed by atoms with Crippen molar-refractivity contribution in [1.82, 2.24) is 4.90 Å². The molecule has 0 N–H and O–H groups in total. The molecule has 1 aliphatic heterocycles. The van der Waals surface area contributed by atoms with E-state index in [4.69, 9.17) is 4.74 Å². The van der Waals surface area contributed by atoms with E-state index in [9.17, 15) is 0 Å². The van der Waals surface area contributed by atoms with Crippen LogP contribution in [-0.2, 0) is 0 Å². The molecular weight excluding hydrogens is 258 g/mol. The molecule has 1 aliphatic rings. The molecule has 0 radical (unpaired) electrons. The van der Waals surface area contributed by atoms with Crippen LogP contribution in [0.2, 0.25) is 0 Å². The molecule has 2 aromatic carbocycles. The first-order chi connectivity index (χ1) is 10.2. The quantitative estimate of drug-likeness (QED) is 0.835. The molecule has 1 heterocycles. The van der Waals surface area contributed by atoms with Crippen LogP contribution >= 0.6 is 0 Å². The minimum absolute atomic E-state index is 0.571. The second-order valence-electron chi connectivity index (χ2n) is 5.98. The molecule has 0 saturated carbocycles. The van der Waals surface area contributed by atoms with Gasteiger partial charge in [0.15, 0.2) is 0 Å². The van der Waals surface area contributed by atoms with Gasteiger partial charge >= 0.3 is 0 Å². The van der Waals surface area contributed by atoms with Gasteiger partial charge in [-0.1, -0.05) is 42.0 Å². The molecule has 0 amide bonds. The highest BCUT2D eigenvalue weighted by Crippen LogP contribution is 2.24. The van der Waals surface area contributed by atoms with Gasteiger partial charge in [0.25, 0.3) is 0 Å². The molecule has 0 spiro atoms. The Hall–Kier alpha value is -1.80. The number of likely N-dealkylation sites (tertiary alicyclic amines) is 1. The van der Waals surface area contributed by atoms with E-state index >= 15 is 0 Å². The average Bonchev–Trinajstić information content (AvgIpc) is 2.91. The van der Waals surface area contributed by atoms with Gasteiger partial charge in [-0.05, 0) is 56.6 Å². The number of benzene rings is 2. The molecule has 2 aromatic rings. The van der Waals surface area contributed by atoms with E-state index in [-0.39, 0.29) is 0 Å². The minimum atomic E-state index is 0.571. The monoisotopic (exact) mass is 281 g/mol. The molecule has 1 fully saturated rings. The maximum absolute atomic E-state index is 5.93. The lowest BCUT2D eigenvalue weighted by Crippen LogP contribution is -2.30. The number of aryl methyl sites for hydroxylation is 1. The van der Waals surface area contributed by atoms with Crippen molar-refractivity contribution in [3.05, 3.63) is 54.1 Å². The van der Waals surface area contributed by atoms with E-state index in [1.807, 2.05) is 0 Å². The molecule has 3 rings (SSSR count). The molecule has 110 valence electrons. The van der Waals surface area contributed by atoms with Crippen molar-refractivity contribution in [1.29, 1.82) is 0 Å². The summed E-state index contributed by atoms with van der Waals surface area (Å²) in [6, 6.07) is 17.6. The fourth-order valence-corrected chi connectivity index (χ4v) is 2.95. The molecule has 2 nitrogen and oxygen atoms in total. The summed E-state index contributed by atoms with van der Waals surface area (Å²) in [5.41, 5.74) is 3.79. The van der Waals surface area contributed by atoms with E-state index in [2.05, 4.69) is 67.4 Å². The summed E-state index contributed by atoms with van der Waals surface area (Å²) in [6.45, 7) is 4.11. The minimum Gasteiger partial charge on any atom is -0.492 e. The highest BCUT2D eigenvalue weighted by atomic mass is 16.5. The Kier molecular flexibility index (Phi) is 4.26. The summed E-state index contributed by atoms with van der Waals surface area (Å²) in [6.07, 6.45) is 2.54. The SMILES string of the molecule is Cc1cccc(-c2ccc(OCC3CCCN3C)cc2)c1. The summed E-state index contributed by atoms with van der Waals surface area (Å²) in [7, 11) is 2.18. The van der Waals surface area contributed by atoms with Crippen molar-refractivity contribution in [3.8, 4) is 16.9 Å². The third-order valence-electron chi connectivity index (χ3n) is 4.32. The van der Waals surface area contributed by atoms with Crippen LogP contribution < -0.4 is 4.74 Å². The number of hydrogen-bond acceptors (Lipinski definition) is 2. The van der Waals surface area contributed by atoms with Gasteiger partial charge in [-0.15, -0.1) is 0 Å². The lowest BCUT2D eigenvalue weighted by molar-refractivity contribution is 0.198. The van der Waals surface area contributed by atoms with Crippen molar-refractivity contribution < 1.29 is 4.74 Å². The molecule has 1 atom stereocenters. The Labute approximate surface area is 127 Å². The van der Waals surface area contributed by atoms with Gasteiger partial charge in [0, 0.05) is 6.04 Å². The largest absolute Gasteiger partial charge is 0.492 e. The number of hydrogen-bond donors (Lipinski definition) is 0. The van der Waals surface area contributed by atoms with E-state index in [1.165, 1.54) is 36.1 Å². The fourth-order valence-electron chi connectivity index (χ4n) is 2.95. The van der Waals surface area contributed by atoms with Gasteiger partial charge < -0.3 is 9.64 Å². The van der Waals surface area contributed by atoms with Gasteiger partial charge in [-0.25, -0.2) is 0 Å². The molecular formula is C19H23NO. The molecule has 0 aromatic heterocycles. The highest BCUT2D eigenvalue weighted by Gasteiger charge is 2.21. The zero-order chi connectivity index (χ0) is 14.7. The van der Waals surface area contributed by atoms with Crippen LogP contribution in [0.1, 0.15) is 18.4 Å². The lowest BCUT2D eigenvalue weighted by Gasteiger charge is -2.19. The zero-order valence-corrected chi connectivity index (χ0v) is 12.9. The van der Waals surface area contributed by atoms with Crippen molar-refractivity contribution >= 4 is 0 Å². The molecule has 0 aliphatic carbocycles. The van der Waals surface area contributed by atoms with Gasteiger partial charge in [-0.2, -0.15) is 0 Å². The average molecular weight is 281 g/mol. The predicted molar refractivity (Wildman–Crippen MR) is 87.8 cm³/mol. The molecule has 1 saturated heterocycles. The van der Waals surface area contributed by atoms with Crippen LogP contribution in [0.4, 0.5) is 0 Å². The number of likely N-dealkylation sites (N-methyl/N-ethyl adjacent to an activating group) is 1. The predicted octanol–water partition coefficient (Wildman–Crippen LogP) is 4.14. The topological polar surface area (TPSA) is 12.5 Å². The normalized spacial score (nSPS) is 18.9. The van der Waals surface area contributed by atoms with Crippen molar-refractivity contribution in [2.24, 2.45) is 0 Å². The maximum Gasteiger partial charge on any atom is 0.119 e. The smallest absolute Gasteiger partial charge is 0.119 e. The van der Waals surface area contributed by atoms with Crippen LogP contribution in [0.25, 0.3) is 11.1 Å². The summed E-state index contributed by atoms with van der Waals surface area (Å²) >= 11 is 0. The first-order valence-electron chi connectivity index (χ1n) is 7.72. The van der Waals surface area contributed by atoms with E-state index < -0.39 is 0 Å². The number of rotatable bonds is 4. The van der Waals surface area contributed by atoms with E-state index in [0.717, 1.165) is 12.4 Å². The van der Waals surface area contributed by atoms with Crippen molar-refractivity contribution in [2.45, 2.75) is 25.8 Å². The fraction of sp³-hybridized carbons (Fsp3) is 0.368. The van der Waals surface area contributed by atoms with Gasteiger partial charge in [0.2, 0.25) is 0 Å². The van der Waals surface area contributed by atoms with Crippen LogP contribution in [0.15, 0.2) is 48.5 Å². The Bertz CT molecular complexity index is 591. The van der Waals surface area contributed by atoms with Crippen molar-refractivity contribution in [2.75, 3.05) is 20.2 Å². The molecule has 2 heteroatoms. The molecule has 0 bridgehead atoms. The van der Waals surface area contributed by atoms with E-state index in [0.29, 0.717) is 6.04 Å². The molecule has 1 unspecified atom stereocenters. The summed E-state index contributed by atoms with van der Waals surface area (Å²) < 4.78 is 5.93. The molecule has 21 heavy (non-hydrogen) atoms. The third kappa shape index (κ3) is 3.45. The van der Waals surface area contributed by atoms with Crippen molar-refractivity contribution in [3.63, 3.8) is 0 Å². The van der Waals surface area contributed by atoms with Gasteiger partial charge in [0.05, 0.1) is 0 Å². The maximum atomic E-state index is 5.93. The Morgan fingerprint density at radius 1 is 1.10 bits per heavy atom. The third-order valence-corrected chi connectivity index (χ3v) is 4.32. The Morgan fingerprint density at radius 2 is 1.90 bits per heavy atom. The summed E-state index contributed by atoms with van der Waals surface area (Å²) in [5.74, 6) is 0.965. The van der Waals surface area contributed by atoms with Crippen LogP contribution in [0, 0.1) is 6.92 Å². The lowest BCUT2D eigenvalue weighted by atomic mass is 10.0. The highest BCUT2D eigenvalue weighted by molar-refractivity contribution is 5.64. The summed E-state index contributed by atoms with van der Waals surface area (Å²) in [4.78, 5) is 2.39. The first-order valence-corrected chi connectivity index (χ1v) is 7.72. The summed E-state index contributed by atoms with van der Waals surface area (Å²) in [5, 5.41) is 0. The number of ether oxygens (including phenoxy) is 1. The first kappa shape index (κ1) is 14.2. The standard InChI is InChI=1S/C19H23NO/c1-15-5-3-6-17(13-15)16-8-10-19(11-9-16)21-14-18-7-4-12-20(18)2/h3,5-6,8-11,13,18H,4,7,12,14H2,1-2H3. The second kappa shape index (κ2) is 6.31. The van der Waals surface area contributed by atoms with Gasteiger partial charge in [-0.3, -0.25) is 0 Å². The zero-order valence-electron chi connectivity index (χ0n) is 12.9. The van der Waals surface area contributed by atoms with Crippen LogP contribution in [0.5, 0.6) is 5.75 Å². The van der Waals surface area contributed by atoms with Crippen LogP contribution in [-0.4, -0.2) is 31.1 Å². The van der Waals surface area contributed by atoms with E-state index in [1.54, 1.807) is 0 Å². The number of nitrogens with zero attached hydrogens (tertiary/aromatic N) is 1. The second-order valence-corrected chi connectivity index (χ2v) is 5.98. The Balaban J connectivity index is 1.64.